The molecule has 2 amide bonds. The van der Waals surface area contributed by atoms with Gasteiger partial charge in [0, 0.05) is 19.0 Å². The summed E-state index contributed by atoms with van der Waals surface area (Å²) in [7, 11) is 1.37. The fourth-order valence-corrected chi connectivity index (χ4v) is 4.82. The Balaban J connectivity index is 1.79. The summed E-state index contributed by atoms with van der Waals surface area (Å²) in [4.78, 5) is 42.7. The predicted molar refractivity (Wildman–Crippen MR) is 134 cm³/mol. The largest absolute Gasteiger partial charge is 0.494 e. The zero-order valence-corrected chi connectivity index (χ0v) is 20.6. The van der Waals surface area contributed by atoms with Gasteiger partial charge in [0.05, 0.1) is 29.5 Å². The van der Waals surface area contributed by atoms with Crippen LogP contribution >= 0.6 is 11.8 Å². The Morgan fingerprint density at radius 2 is 1.91 bits per heavy atom. The molecule has 0 aliphatic carbocycles. The first kappa shape index (κ1) is 25.2. The maximum Gasteiger partial charge on any atom is 0.273 e. The van der Waals surface area contributed by atoms with Crippen LogP contribution in [0.25, 0.3) is 0 Å². The van der Waals surface area contributed by atoms with E-state index in [1.54, 1.807) is 4.90 Å². The van der Waals surface area contributed by atoms with Gasteiger partial charge in [0.25, 0.3) is 5.69 Å². The molecule has 0 bridgehead atoms. The van der Waals surface area contributed by atoms with Crippen LogP contribution in [0.5, 0.6) is 5.75 Å². The highest BCUT2D eigenvalue weighted by atomic mass is 32.2. The molecule has 2 aromatic carbocycles. The van der Waals surface area contributed by atoms with Gasteiger partial charge in [-0.3, -0.25) is 24.6 Å². The minimum absolute atomic E-state index is 0.0654. The zero-order valence-electron chi connectivity index (χ0n) is 19.8. The van der Waals surface area contributed by atoms with Crippen molar-refractivity contribution in [2.45, 2.75) is 39.4 Å². The van der Waals surface area contributed by atoms with Crippen LogP contribution in [0.2, 0.25) is 0 Å². The first-order chi connectivity index (χ1) is 16.1. The number of benzene rings is 2. The number of thioether (sulfide) groups is 1. The number of nitrogens with one attached hydrogen (secondary N) is 1. The van der Waals surface area contributed by atoms with Gasteiger partial charge in [-0.1, -0.05) is 31.7 Å². The molecule has 1 heterocycles. The highest BCUT2D eigenvalue weighted by Crippen LogP contribution is 2.34. The SMILES string of the molecule is COc1cc([N+](=O)[O-])ccc1NC(=O)CC1SC(=Nc2cc(C)cc(C)c2)N(CC(C)C)C1=O. The number of nitrogens with zero attached hydrogens (tertiary/aromatic N) is 3. The number of carbonyl (C=O) groups excluding carboxylic acids is 2. The van der Waals surface area contributed by atoms with E-state index in [-0.39, 0.29) is 29.7 Å². The van der Waals surface area contributed by atoms with Crippen molar-refractivity contribution in [1.29, 1.82) is 0 Å². The number of nitro groups is 1. The first-order valence-corrected chi connectivity index (χ1v) is 11.7. The van der Waals surface area contributed by atoms with Crippen LogP contribution in [0.1, 0.15) is 31.4 Å². The Kier molecular flexibility index (Phi) is 7.93. The number of ether oxygens (including phenoxy) is 1. The molecule has 0 radical (unpaired) electrons. The molecule has 0 spiro atoms. The van der Waals surface area contributed by atoms with Gasteiger partial charge in [-0.05, 0) is 49.1 Å². The van der Waals surface area contributed by atoms with Crippen molar-refractivity contribution in [2.75, 3.05) is 19.0 Å². The van der Waals surface area contributed by atoms with Gasteiger partial charge in [0.2, 0.25) is 11.8 Å². The maximum atomic E-state index is 13.2. The van der Waals surface area contributed by atoms with Gasteiger partial charge < -0.3 is 10.1 Å². The van der Waals surface area contributed by atoms with Gasteiger partial charge in [0.15, 0.2) is 5.17 Å². The topological polar surface area (TPSA) is 114 Å². The lowest BCUT2D eigenvalue weighted by molar-refractivity contribution is -0.384. The summed E-state index contributed by atoms with van der Waals surface area (Å²) in [6.07, 6.45) is -0.0654. The van der Waals surface area contributed by atoms with E-state index < -0.39 is 16.1 Å². The highest BCUT2D eigenvalue weighted by Gasteiger charge is 2.39. The normalized spacial score (nSPS) is 16.9. The standard InChI is InChI=1S/C24H28N4O5S/c1-14(2)13-27-23(30)21(34-24(27)25-17-9-15(3)8-16(4)10-17)12-22(29)26-19-7-6-18(28(31)32)11-20(19)33-5/h6-11,14,21H,12-13H2,1-5H3,(H,26,29). The second kappa shape index (κ2) is 10.7. The van der Waals surface area contributed by atoms with Crippen molar-refractivity contribution in [3.05, 3.63) is 57.6 Å². The van der Waals surface area contributed by atoms with E-state index in [2.05, 4.69) is 11.4 Å². The van der Waals surface area contributed by atoms with Gasteiger partial charge in [-0.15, -0.1) is 0 Å². The summed E-state index contributed by atoms with van der Waals surface area (Å²) < 4.78 is 5.17. The molecule has 9 nitrogen and oxygen atoms in total. The average molecular weight is 485 g/mol. The molecule has 0 aromatic heterocycles. The Morgan fingerprint density at radius 3 is 2.50 bits per heavy atom. The van der Waals surface area contributed by atoms with Crippen LogP contribution < -0.4 is 10.1 Å². The van der Waals surface area contributed by atoms with Gasteiger partial charge >= 0.3 is 0 Å². The van der Waals surface area contributed by atoms with Gasteiger partial charge in [-0.2, -0.15) is 0 Å². The number of methoxy groups -OCH3 is 1. The third-order valence-corrected chi connectivity index (χ3v) is 6.22. The number of carbonyl (C=O) groups is 2. The van der Waals surface area contributed by atoms with Crippen LogP contribution in [0.3, 0.4) is 0 Å². The third-order valence-electron chi connectivity index (χ3n) is 5.04. The van der Waals surface area contributed by atoms with E-state index in [4.69, 9.17) is 9.73 Å². The molecule has 0 saturated carbocycles. The number of hydrogen-bond donors (Lipinski definition) is 1. The van der Waals surface area contributed by atoms with E-state index in [1.807, 2.05) is 39.8 Å². The Bertz CT molecular complexity index is 1130. The number of anilines is 1. The van der Waals surface area contributed by atoms with Gasteiger partial charge in [0.1, 0.15) is 11.0 Å². The number of non-ortho nitro benzene ring substituents is 1. The van der Waals surface area contributed by atoms with E-state index in [9.17, 15) is 19.7 Å². The Morgan fingerprint density at radius 1 is 1.24 bits per heavy atom. The minimum atomic E-state index is -0.618. The van der Waals surface area contributed by atoms with Crippen LogP contribution in [-0.4, -0.2) is 45.7 Å². The molecule has 1 unspecified atom stereocenters. The molecule has 3 rings (SSSR count). The highest BCUT2D eigenvalue weighted by molar-refractivity contribution is 8.15. The number of rotatable bonds is 8. The van der Waals surface area contributed by atoms with Crippen molar-refractivity contribution >= 4 is 45.8 Å². The van der Waals surface area contributed by atoms with Crippen molar-refractivity contribution in [3.63, 3.8) is 0 Å². The summed E-state index contributed by atoms with van der Waals surface area (Å²) in [6, 6.07) is 9.91. The monoisotopic (exact) mass is 484 g/mol. The van der Waals surface area contributed by atoms with Crippen LogP contribution in [-0.2, 0) is 9.59 Å². The first-order valence-electron chi connectivity index (χ1n) is 10.8. The van der Waals surface area contributed by atoms with Crippen LogP contribution in [0.4, 0.5) is 17.1 Å². The zero-order chi connectivity index (χ0) is 25.0. The molecule has 10 heteroatoms. The van der Waals surface area contributed by atoms with Crippen molar-refractivity contribution in [2.24, 2.45) is 10.9 Å². The van der Waals surface area contributed by atoms with Crippen molar-refractivity contribution in [1.82, 2.24) is 4.90 Å². The number of aryl methyl sites for hydroxylation is 2. The van der Waals surface area contributed by atoms with E-state index >= 15 is 0 Å². The predicted octanol–water partition coefficient (Wildman–Crippen LogP) is 4.84. The second-order valence-corrected chi connectivity index (χ2v) is 9.75. The third kappa shape index (κ3) is 6.13. The molecular formula is C24H28N4O5S. The lowest BCUT2D eigenvalue weighted by atomic mass is 10.1. The summed E-state index contributed by atoms with van der Waals surface area (Å²) in [5, 5.41) is 13.6. The summed E-state index contributed by atoms with van der Waals surface area (Å²) >= 11 is 1.28. The van der Waals surface area contributed by atoms with Crippen LogP contribution in [0.15, 0.2) is 41.4 Å². The minimum Gasteiger partial charge on any atom is -0.494 e. The molecule has 1 aliphatic rings. The second-order valence-electron chi connectivity index (χ2n) is 8.58. The van der Waals surface area contributed by atoms with Crippen molar-refractivity contribution in [3.8, 4) is 5.75 Å². The number of nitro benzene ring substituents is 1. The maximum absolute atomic E-state index is 13.2. The summed E-state index contributed by atoms with van der Waals surface area (Å²) in [6.45, 7) is 8.54. The Hall–Kier alpha value is -3.40. The number of aliphatic imine (C=N–C) groups is 1. The van der Waals surface area contributed by atoms with Crippen LogP contribution in [0, 0.1) is 29.9 Å². The molecule has 1 aliphatic heterocycles. The smallest absolute Gasteiger partial charge is 0.273 e. The van der Waals surface area contributed by atoms with E-state index in [0.717, 1.165) is 16.8 Å². The average Bonchev–Trinajstić information content (AvgIpc) is 3.01. The fraction of sp³-hybridized carbons (Fsp3) is 0.375. The molecule has 2 aromatic rings. The lowest BCUT2D eigenvalue weighted by Gasteiger charge is -2.18. The van der Waals surface area contributed by atoms with E-state index in [0.29, 0.717) is 17.4 Å². The number of amides is 2. The fourth-order valence-electron chi connectivity index (χ4n) is 3.65. The van der Waals surface area contributed by atoms with Gasteiger partial charge in [-0.25, -0.2) is 4.99 Å². The molecule has 1 saturated heterocycles. The lowest BCUT2D eigenvalue weighted by Crippen LogP contribution is -2.36. The summed E-state index contributed by atoms with van der Waals surface area (Å²) in [5.74, 6) is -0.153. The number of hydrogen-bond acceptors (Lipinski definition) is 7. The molecular weight excluding hydrogens is 456 g/mol. The number of amidine groups is 1. The summed E-state index contributed by atoms with van der Waals surface area (Å²) in [5.41, 5.74) is 3.08. The quantitative estimate of drug-likeness (QED) is 0.424. The molecule has 34 heavy (non-hydrogen) atoms. The molecule has 1 fully saturated rings. The van der Waals surface area contributed by atoms with E-state index in [1.165, 1.54) is 37.1 Å². The molecule has 1 atom stereocenters. The molecule has 180 valence electrons. The van der Waals surface area contributed by atoms with Crippen molar-refractivity contribution < 1.29 is 19.2 Å². The molecule has 1 N–H and O–H groups in total. The Labute approximate surface area is 202 Å².